The first kappa shape index (κ1) is 11.9. The number of pyridine rings is 1. The SMILES string of the molecule is O=C(O)c1ccncc1NC(=O)C1C2C3CCC(C3)C12. The summed E-state index contributed by atoms with van der Waals surface area (Å²) in [4.78, 5) is 27.4. The van der Waals surface area contributed by atoms with E-state index in [0.717, 1.165) is 11.8 Å². The van der Waals surface area contributed by atoms with Gasteiger partial charge in [0.2, 0.25) is 5.91 Å². The van der Waals surface area contributed by atoms with Gasteiger partial charge in [-0.05, 0) is 49.0 Å². The lowest BCUT2D eigenvalue weighted by atomic mass is 10.0. The number of hydrogen-bond donors (Lipinski definition) is 2. The van der Waals surface area contributed by atoms with Crippen molar-refractivity contribution in [2.45, 2.75) is 19.3 Å². The van der Waals surface area contributed by atoms with Gasteiger partial charge in [-0.25, -0.2) is 4.79 Å². The number of aromatic carboxylic acids is 1. The number of nitrogens with zero attached hydrogens (tertiary/aromatic N) is 1. The lowest BCUT2D eigenvalue weighted by Crippen LogP contribution is -2.20. The van der Waals surface area contributed by atoms with Crippen LogP contribution in [0.1, 0.15) is 29.6 Å². The molecule has 4 atom stereocenters. The number of carbonyl (C=O) groups is 2. The largest absolute Gasteiger partial charge is 0.478 e. The second-order valence-corrected chi connectivity index (χ2v) is 6.23. The van der Waals surface area contributed by atoms with Crippen LogP contribution in [0, 0.1) is 29.6 Å². The molecule has 4 unspecified atom stereocenters. The van der Waals surface area contributed by atoms with Gasteiger partial charge in [-0.3, -0.25) is 9.78 Å². The summed E-state index contributed by atoms with van der Waals surface area (Å²) in [6, 6.07) is 1.41. The maximum atomic E-state index is 12.4. The Labute approximate surface area is 116 Å². The fourth-order valence-electron chi connectivity index (χ4n) is 4.57. The van der Waals surface area contributed by atoms with Crippen molar-refractivity contribution in [1.82, 2.24) is 4.98 Å². The topological polar surface area (TPSA) is 79.3 Å². The monoisotopic (exact) mass is 272 g/mol. The predicted octanol–water partition coefficient (Wildman–Crippen LogP) is 2.01. The van der Waals surface area contributed by atoms with Gasteiger partial charge in [0.25, 0.3) is 0 Å². The third-order valence-corrected chi connectivity index (χ3v) is 5.35. The highest BCUT2D eigenvalue weighted by molar-refractivity contribution is 6.01. The molecular weight excluding hydrogens is 256 g/mol. The van der Waals surface area contributed by atoms with E-state index < -0.39 is 5.97 Å². The van der Waals surface area contributed by atoms with Crippen LogP contribution in [-0.2, 0) is 4.79 Å². The maximum Gasteiger partial charge on any atom is 0.337 e. The third-order valence-electron chi connectivity index (χ3n) is 5.35. The number of hydrogen-bond acceptors (Lipinski definition) is 3. The number of aromatic nitrogens is 1. The molecule has 2 bridgehead atoms. The molecule has 1 amide bonds. The van der Waals surface area contributed by atoms with E-state index in [2.05, 4.69) is 10.3 Å². The number of fused-ring (bicyclic) bond motifs is 5. The van der Waals surface area contributed by atoms with E-state index >= 15 is 0 Å². The summed E-state index contributed by atoms with van der Waals surface area (Å²) in [5, 5.41) is 11.9. The Morgan fingerprint density at radius 2 is 1.95 bits per heavy atom. The quantitative estimate of drug-likeness (QED) is 0.882. The lowest BCUT2D eigenvalue weighted by Gasteiger charge is -2.10. The van der Waals surface area contributed by atoms with Gasteiger partial charge in [0.05, 0.1) is 17.4 Å². The van der Waals surface area contributed by atoms with Crippen molar-refractivity contribution >= 4 is 17.6 Å². The Morgan fingerprint density at radius 3 is 2.60 bits per heavy atom. The molecule has 0 aliphatic heterocycles. The predicted molar refractivity (Wildman–Crippen MR) is 71.1 cm³/mol. The highest BCUT2D eigenvalue weighted by Crippen LogP contribution is 2.69. The Hall–Kier alpha value is -1.91. The molecule has 5 nitrogen and oxygen atoms in total. The lowest BCUT2D eigenvalue weighted by molar-refractivity contribution is -0.118. The van der Waals surface area contributed by atoms with E-state index in [4.69, 9.17) is 5.11 Å². The summed E-state index contributed by atoms with van der Waals surface area (Å²) in [5.41, 5.74) is 0.407. The summed E-state index contributed by atoms with van der Waals surface area (Å²) in [6.45, 7) is 0. The molecule has 4 rings (SSSR count). The van der Waals surface area contributed by atoms with Crippen molar-refractivity contribution in [1.29, 1.82) is 0 Å². The number of carboxylic acids is 1. The molecule has 0 saturated heterocycles. The third kappa shape index (κ3) is 1.58. The Morgan fingerprint density at radius 1 is 1.25 bits per heavy atom. The van der Waals surface area contributed by atoms with Crippen LogP contribution in [0.3, 0.4) is 0 Å². The van der Waals surface area contributed by atoms with E-state index in [-0.39, 0.29) is 17.4 Å². The number of amides is 1. The maximum absolute atomic E-state index is 12.4. The molecule has 104 valence electrons. The summed E-state index contributed by atoms with van der Waals surface area (Å²) in [5.74, 6) is 1.61. The second kappa shape index (κ2) is 4.04. The molecule has 0 aromatic carbocycles. The van der Waals surface area contributed by atoms with Crippen LogP contribution in [0.4, 0.5) is 5.69 Å². The molecule has 1 aromatic heterocycles. The molecule has 1 aromatic rings. The van der Waals surface area contributed by atoms with Gasteiger partial charge in [0, 0.05) is 12.1 Å². The van der Waals surface area contributed by atoms with Crippen molar-refractivity contribution < 1.29 is 14.7 Å². The van der Waals surface area contributed by atoms with Gasteiger partial charge >= 0.3 is 5.97 Å². The van der Waals surface area contributed by atoms with Crippen LogP contribution in [-0.4, -0.2) is 22.0 Å². The molecule has 0 spiro atoms. The average Bonchev–Trinajstić information content (AvgIpc) is 2.88. The standard InChI is InChI=1S/C15H16N2O3/c18-14(13-11-7-1-2-8(5-7)12(11)13)17-10-6-16-4-3-9(10)15(19)20/h3-4,6-8,11-13H,1-2,5H2,(H,17,18)(H,19,20). The number of carboxylic acid groups (broad SMARTS) is 1. The first-order valence-corrected chi connectivity index (χ1v) is 7.15. The normalized spacial score (nSPS) is 36.5. The van der Waals surface area contributed by atoms with Crippen LogP contribution in [0.15, 0.2) is 18.5 Å². The molecule has 1 heterocycles. The van der Waals surface area contributed by atoms with Gasteiger partial charge in [0.1, 0.15) is 0 Å². The molecule has 2 N–H and O–H groups in total. The highest BCUT2D eigenvalue weighted by atomic mass is 16.4. The van der Waals surface area contributed by atoms with Gasteiger partial charge in [-0.1, -0.05) is 0 Å². The second-order valence-electron chi connectivity index (χ2n) is 6.23. The zero-order valence-electron chi connectivity index (χ0n) is 11.0. The van der Waals surface area contributed by atoms with Crippen molar-refractivity contribution in [2.75, 3.05) is 5.32 Å². The fourth-order valence-corrected chi connectivity index (χ4v) is 4.57. The number of nitrogens with one attached hydrogen (secondary N) is 1. The Balaban J connectivity index is 1.51. The summed E-state index contributed by atoms with van der Waals surface area (Å²) in [6.07, 6.45) is 6.66. The smallest absolute Gasteiger partial charge is 0.337 e. The summed E-state index contributed by atoms with van der Waals surface area (Å²) in [7, 11) is 0. The van der Waals surface area contributed by atoms with E-state index in [0.29, 0.717) is 17.5 Å². The van der Waals surface area contributed by atoms with Crippen LogP contribution < -0.4 is 5.32 Å². The highest BCUT2D eigenvalue weighted by Gasteiger charge is 2.67. The first-order chi connectivity index (χ1) is 9.66. The number of carbonyl (C=O) groups excluding carboxylic acids is 1. The molecule has 3 aliphatic rings. The molecule has 3 aliphatic carbocycles. The minimum Gasteiger partial charge on any atom is -0.478 e. The Bertz CT molecular complexity index is 585. The Kier molecular flexibility index (Phi) is 2.40. The minimum atomic E-state index is -1.04. The molecule has 3 saturated carbocycles. The van der Waals surface area contributed by atoms with Gasteiger partial charge in [-0.2, -0.15) is 0 Å². The fraction of sp³-hybridized carbons (Fsp3) is 0.533. The van der Waals surface area contributed by atoms with Gasteiger partial charge in [-0.15, -0.1) is 0 Å². The zero-order chi connectivity index (χ0) is 13.9. The van der Waals surface area contributed by atoms with Crippen molar-refractivity contribution in [2.24, 2.45) is 29.6 Å². The van der Waals surface area contributed by atoms with E-state index in [9.17, 15) is 9.59 Å². The summed E-state index contributed by atoms with van der Waals surface area (Å²) < 4.78 is 0. The van der Waals surface area contributed by atoms with Crippen LogP contribution in [0.2, 0.25) is 0 Å². The molecular formula is C15H16N2O3. The van der Waals surface area contributed by atoms with Gasteiger partial charge < -0.3 is 10.4 Å². The van der Waals surface area contributed by atoms with E-state index in [1.807, 2.05) is 0 Å². The van der Waals surface area contributed by atoms with Crippen molar-refractivity contribution in [3.05, 3.63) is 24.0 Å². The van der Waals surface area contributed by atoms with Crippen LogP contribution in [0.5, 0.6) is 0 Å². The van der Waals surface area contributed by atoms with E-state index in [1.165, 1.54) is 37.7 Å². The van der Waals surface area contributed by atoms with Crippen molar-refractivity contribution in [3.8, 4) is 0 Å². The van der Waals surface area contributed by atoms with Crippen LogP contribution >= 0.6 is 0 Å². The molecule has 3 fully saturated rings. The van der Waals surface area contributed by atoms with Gasteiger partial charge in [0.15, 0.2) is 0 Å². The molecule has 5 heteroatoms. The summed E-state index contributed by atoms with van der Waals surface area (Å²) >= 11 is 0. The average molecular weight is 272 g/mol. The molecule has 20 heavy (non-hydrogen) atoms. The molecule has 0 radical (unpaired) electrons. The number of anilines is 1. The number of rotatable bonds is 3. The van der Waals surface area contributed by atoms with Crippen LogP contribution in [0.25, 0.3) is 0 Å². The zero-order valence-corrected chi connectivity index (χ0v) is 11.0. The first-order valence-electron chi connectivity index (χ1n) is 7.15. The van der Waals surface area contributed by atoms with Crippen molar-refractivity contribution in [3.63, 3.8) is 0 Å². The minimum absolute atomic E-state index is 0.0212. The van der Waals surface area contributed by atoms with E-state index in [1.54, 1.807) is 0 Å².